The van der Waals surface area contributed by atoms with E-state index in [0.29, 0.717) is 18.2 Å². The highest BCUT2D eigenvalue weighted by molar-refractivity contribution is 7.91. The van der Waals surface area contributed by atoms with Crippen LogP contribution in [-0.2, 0) is 9.84 Å². The van der Waals surface area contributed by atoms with E-state index in [2.05, 4.69) is 9.97 Å². The number of nitrogen functional groups attached to an aromatic ring is 1. The van der Waals surface area contributed by atoms with Crippen LogP contribution in [0.5, 0.6) is 0 Å². The predicted molar refractivity (Wildman–Crippen MR) is 68.5 cm³/mol. The monoisotopic (exact) mass is 269 g/mol. The molecule has 7 nitrogen and oxygen atoms in total. The standard InChI is InChI=1S/C10H15N5O2S/c1-7-6-18(16,17)5-4-15(7)10-13-3-2-8(14-10)9(11)12/h2-3,7H,4-6H2,1H3,(H3,11,12). The second-order valence-corrected chi connectivity index (χ2v) is 6.54. The van der Waals surface area contributed by atoms with Crippen LogP contribution in [0.3, 0.4) is 0 Å². The Bertz CT molecular complexity index is 571. The van der Waals surface area contributed by atoms with Crippen molar-refractivity contribution in [1.82, 2.24) is 9.97 Å². The van der Waals surface area contributed by atoms with E-state index in [-0.39, 0.29) is 23.4 Å². The van der Waals surface area contributed by atoms with Crippen molar-refractivity contribution in [2.45, 2.75) is 13.0 Å². The van der Waals surface area contributed by atoms with Gasteiger partial charge in [0.1, 0.15) is 11.5 Å². The van der Waals surface area contributed by atoms with Gasteiger partial charge in [-0.05, 0) is 13.0 Å². The van der Waals surface area contributed by atoms with Gasteiger partial charge in [-0.3, -0.25) is 5.41 Å². The minimum atomic E-state index is -2.96. The molecule has 1 saturated heterocycles. The number of nitrogens with one attached hydrogen (secondary N) is 1. The minimum Gasteiger partial charge on any atom is -0.382 e. The molecule has 98 valence electrons. The maximum absolute atomic E-state index is 11.5. The Kier molecular flexibility index (Phi) is 3.20. The molecule has 2 heterocycles. The molecule has 3 N–H and O–H groups in total. The van der Waals surface area contributed by atoms with E-state index >= 15 is 0 Å². The summed E-state index contributed by atoms with van der Waals surface area (Å²) in [6, 6.07) is 1.38. The molecule has 0 amide bonds. The Balaban J connectivity index is 2.27. The van der Waals surface area contributed by atoms with Gasteiger partial charge < -0.3 is 10.6 Å². The van der Waals surface area contributed by atoms with Crippen LogP contribution in [0.15, 0.2) is 12.3 Å². The predicted octanol–water partition coefficient (Wildman–Crippen LogP) is -0.616. The van der Waals surface area contributed by atoms with E-state index in [9.17, 15) is 8.42 Å². The van der Waals surface area contributed by atoms with Gasteiger partial charge >= 0.3 is 0 Å². The average molecular weight is 269 g/mol. The first-order chi connectivity index (χ1) is 8.39. The first-order valence-electron chi connectivity index (χ1n) is 5.53. The molecule has 0 bridgehead atoms. The molecule has 0 aromatic carbocycles. The van der Waals surface area contributed by atoms with Crippen molar-refractivity contribution in [3.8, 4) is 0 Å². The number of amidine groups is 1. The van der Waals surface area contributed by atoms with Gasteiger partial charge in [-0.25, -0.2) is 18.4 Å². The highest BCUT2D eigenvalue weighted by atomic mass is 32.2. The molecule has 2 rings (SSSR count). The summed E-state index contributed by atoms with van der Waals surface area (Å²) in [6.07, 6.45) is 1.52. The van der Waals surface area contributed by atoms with Gasteiger partial charge in [0.05, 0.1) is 11.5 Å². The van der Waals surface area contributed by atoms with Crippen LogP contribution in [0, 0.1) is 5.41 Å². The Morgan fingerprint density at radius 1 is 1.61 bits per heavy atom. The molecule has 1 unspecified atom stereocenters. The third-order valence-corrected chi connectivity index (χ3v) is 4.64. The van der Waals surface area contributed by atoms with E-state index in [1.807, 2.05) is 11.8 Å². The SMILES string of the molecule is CC1CS(=O)(=O)CCN1c1nccc(C(=N)N)n1. The molecule has 1 aliphatic rings. The third-order valence-electron chi connectivity index (χ3n) is 2.85. The lowest BCUT2D eigenvalue weighted by molar-refractivity contribution is 0.565. The molecular formula is C10H15N5O2S. The molecule has 1 aromatic rings. The topological polar surface area (TPSA) is 113 Å². The van der Waals surface area contributed by atoms with E-state index in [1.54, 1.807) is 6.07 Å². The zero-order chi connectivity index (χ0) is 13.3. The zero-order valence-corrected chi connectivity index (χ0v) is 10.8. The number of hydrogen-bond donors (Lipinski definition) is 2. The van der Waals surface area contributed by atoms with Crippen molar-refractivity contribution in [2.75, 3.05) is 23.0 Å². The van der Waals surface area contributed by atoms with Gasteiger partial charge in [-0.15, -0.1) is 0 Å². The maximum Gasteiger partial charge on any atom is 0.226 e. The lowest BCUT2D eigenvalue weighted by Gasteiger charge is -2.33. The Labute approximate surface area is 105 Å². The van der Waals surface area contributed by atoms with Crippen molar-refractivity contribution in [2.24, 2.45) is 5.73 Å². The first-order valence-corrected chi connectivity index (χ1v) is 7.36. The maximum atomic E-state index is 11.5. The highest BCUT2D eigenvalue weighted by Crippen LogP contribution is 2.17. The Morgan fingerprint density at radius 2 is 2.33 bits per heavy atom. The lowest BCUT2D eigenvalue weighted by Crippen LogP contribution is -2.47. The van der Waals surface area contributed by atoms with Gasteiger partial charge in [0.2, 0.25) is 5.95 Å². The Morgan fingerprint density at radius 3 is 2.94 bits per heavy atom. The van der Waals surface area contributed by atoms with Crippen LogP contribution in [-0.4, -0.2) is 48.3 Å². The molecule has 1 fully saturated rings. The van der Waals surface area contributed by atoms with Crippen molar-refractivity contribution in [1.29, 1.82) is 5.41 Å². The fourth-order valence-corrected chi connectivity index (χ4v) is 3.49. The molecule has 0 radical (unpaired) electrons. The summed E-state index contributed by atoms with van der Waals surface area (Å²) in [7, 11) is -2.96. The smallest absolute Gasteiger partial charge is 0.226 e. The minimum absolute atomic E-state index is 0.0979. The lowest BCUT2D eigenvalue weighted by atomic mass is 10.3. The number of hydrogen-bond acceptors (Lipinski definition) is 6. The van der Waals surface area contributed by atoms with Crippen LogP contribution < -0.4 is 10.6 Å². The fourth-order valence-electron chi connectivity index (χ4n) is 1.93. The number of aromatic nitrogens is 2. The molecule has 1 aromatic heterocycles. The summed E-state index contributed by atoms with van der Waals surface area (Å²) < 4.78 is 23.0. The summed E-state index contributed by atoms with van der Waals surface area (Å²) in [6.45, 7) is 2.19. The second-order valence-electron chi connectivity index (χ2n) is 4.31. The summed E-state index contributed by atoms with van der Waals surface area (Å²) in [5.41, 5.74) is 5.72. The van der Waals surface area contributed by atoms with E-state index < -0.39 is 9.84 Å². The van der Waals surface area contributed by atoms with Crippen molar-refractivity contribution in [3.63, 3.8) is 0 Å². The average Bonchev–Trinajstić information content (AvgIpc) is 2.28. The van der Waals surface area contributed by atoms with Gasteiger partial charge in [0, 0.05) is 18.8 Å². The zero-order valence-electron chi connectivity index (χ0n) is 10.00. The third kappa shape index (κ3) is 2.58. The molecule has 18 heavy (non-hydrogen) atoms. The fraction of sp³-hybridized carbons (Fsp3) is 0.500. The van der Waals surface area contributed by atoms with Crippen molar-refractivity contribution >= 4 is 21.6 Å². The largest absolute Gasteiger partial charge is 0.382 e. The molecule has 0 saturated carbocycles. The van der Waals surface area contributed by atoms with E-state index in [0.717, 1.165) is 0 Å². The summed E-state index contributed by atoms with van der Waals surface area (Å²) in [4.78, 5) is 10.1. The number of nitrogens with two attached hydrogens (primary N) is 1. The molecular weight excluding hydrogens is 254 g/mol. The van der Waals surface area contributed by atoms with Crippen LogP contribution in [0.1, 0.15) is 12.6 Å². The molecule has 0 aliphatic carbocycles. The highest BCUT2D eigenvalue weighted by Gasteiger charge is 2.29. The van der Waals surface area contributed by atoms with E-state index in [4.69, 9.17) is 11.1 Å². The Hall–Kier alpha value is -1.70. The van der Waals surface area contributed by atoms with Gasteiger partial charge in [0.15, 0.2) is 9.84 Å². The van der Waals surface area contributed by atoms with Crippen LogP contribution in [0.25, 0.3) is 0 Å². The number of sulfone groups is 1. The number of anilines is 1. The van der Waals surface area contributed by atoms with Gasteiger partial charge in [-0.2, -0.15) is 0 Å². The second kappa shape index (κ2) is 4.52. The quantitative estimate of drug-likeness (QED) is 0.546. The van der Waals surface area contributed by atoms with Gasteiger partial charge in [-0.1, -0.05) is 0 Å². The molecule has 1 atom stereocenters. The summed E-state index contributed by atoms with van der Waals surface area (Å²) in [5, 5.41) is 7.33. The van der Waals surface area contributed by atoms with E-state index in [1.165, 1.54) is 6.20 Å². The van der Waals surface area contributed by atoms with Crippen molar-refractivity contribution in [3.05, 3.63) is 18.0 Å². The molecule has 1 aliphatic heterocycles. The van der Waals surface area contributed by atoms with Crippen LogP contribution in [0.2, 0.25) is 0 Å². The van der Waals surface area contributed by atoms with Gasteiger partial charge in [0.25, 0.3) is 0 Å². The first kappa shape index (κ1) is 12.7. The number of nitrogens with zero attached hydrogens (tertiary/aromatic N) is 3. The molecule has 0 spiro atoms. The van der Waals surface area contributed by atoms with Crippen LogP contribution >= 0.6 is 0 Å². The summed E-state index contributed by atoms with van der Waals surface area (Å²) in [5.74, 6) is 0.493. The van der Waals surface area contributed by atoms with Crippen molar-refractivity contribution < 1.29 is 8.42 Å². The molecule has 8 heteroatoms. The normalized spacial score (nSPS) is 22.7. The summed E-state index contributed by atoms with van der Waals surface area (Å²) >= 11 is 0. The van der Waals surface area contributed by atoms with Crippen LogP contribution in [0.4, 0.5) is 5.95 Å². The number of rotatable bonds is 2.